The first-order valence-electron chi connectivity index (χ1n) is 8.86. The van der Waals surface area contributed by atoms with Crippen molar-refractivity contribution in [3.63, 3.8) is 0 Å². The summed E-state index contributed by atoms with van der Waals surface area (Å²) < 4.78 is 11.7. The third kappa shape index (κ3) is 3.80. The number of hydrogen-bond acceptors (Lipinski definition) is 7. The van der Waals surface area contributed by atoms with Crippen LogP contribution in [-0.4, -0.2) is 34.2 Å². The zero-order valence-corrected chi connectivity index (χ0v) is 15.8. The summed E-state index contributed by atoms with van der Waals surface area (Å²) in [6.07, 6.45) is 6.37. The van der Waals surface area contributed by atoms with Gasteiger partial charge in [-0.05, 0) is 45.1 Å². The first-order chi connectivity index (χ1) is 12.5. The minimum Gasteiger partial charge on any atom is -0.465 e. The van der Waals surface area contributed by atoms with Crippen molar-refractivity contribution in [2.24, 2.45) is 0 Å². The van der Waals surface area contributed by atoms with Crippen LogP contribution in [0.1, 0.15) is 54.3 Å². The lowest BCUT2D eigenvalue weighted by atomic mass is 9.98. The molecular formula is C18H22N2O5S. The molecule has 1 saturated carbocycles. The van der Waals surface area contributed by atoms with Crippen molar-refractivity contribution in [3.05, 3.63) is 27.1 Å². The number of ether oxygens (including phenoxy) is 2. The number of aromatic nitrogens is 2. The highest BCUT2D eigenvalue weighted by Gasteiger charge is 2.24. The van der Waals surface area contributed by atoms with Crippen LogP contribution in [0.3, 0.4) is 0 Å². The van der Waals surface area contributed by atoms with Crippen LogP contribution in [-0.2, 0) is 20.8 Å². The summed E-state index contributed by atoms with van der Waals surface area (Å²) in [6.45, 7) is 3.47. The maximum Gasteiger partial charge on any atom is 0.348 e. The lowest BCUT2D eigenvalue weighted by Crippen LogP contribution is -2.25. The van der Waals surface area contributed by atoms with Gasteiger partial charge < -0.3 is 9.47 Å². The molecule has 0 aromatic carbocycles. The molecule has 1 aliphatic rings. The molecule has 0 unspecified atom stereocenters. The number of rotatable bonds is 5. The smallest absolute Gasteiger partial charge is 0.348 e. The molecule has 0 amide bonds. The number of hydrogen-bond donors (Lipinski definition) is 0. The van der Waals surface area contributed by atoms with E-state index < -0.39 is 11.9 Å². The van der Waals surface area contributed by atoms with Gasteiger partial charge in [0, 0.05) is 0 Å². The first kappa shape index (κ1) is 18.6. The lowest BCUT2D eigenvalue weighted by molar-refractivity contribution is -0.143. The Labute approximate surface area is 154 Å². The lowest BCUT2D eigenvalue weighted by Gasteiger charge is -2.21. The van der Waals surface area contributed by atoms with Crippen molar-refractivity contribution in [2.75, 3.05) is 6.61 Å². The van der Waals surface area contributed by atoms with E-state index in [4.69, 9.17) is 9.47 Å². The van der Waals surface area contributed by atoms with Crippen LogP contribution in [0.2, 0.25) is 0 Å². The highest BCUT2D eigenvalue weighted by Crippen LogP contribution is 2.29. The molecule has 3 rings (SSSR count). The summed E-state index contributed by atoms with van der Waals surface area (Å²) in [6, 6.07) is 0. The van der Waals surface area contributed by atoms with Gasteiger partial charge in [0.1, 0.15) is 22.4 Å². The molecule has 0 saturated heterocycles. The number of fused-ring (bicyclic) bond motifs is 1. The van der Waals surface area contributed by atoms with Gasteiger partial charge in [-0.15, -0.1) is 11.3 Å². The van der Waals surface area contributed by atoms with E-state index in [-0.39, 0.29) is 24.8 Å². The highest BCUT2D eigenvalue weighted by molar-refractivity contribution is 7.20. The molecule has 2 aromatic rings. The number of esters is 2. The molecular weight excluding hydrogens is 356 g/mol. The summed E-state index contributed by atoms with van der Waals surface area (Å²) in [7, 11) is 0. The molecule has 140 valence electrons. The molecule has 0 atom stereocenters. The second kappa shape index (κ2) is 7.99. The number of thiophene rings is 1. The quantitative estimate of drug-likeness (QED) is 0.744. The van der Waals surface area contributed by atoms with Gasteiger partial charge in [0.2, 0.25) is 0 Å². The summed E-state index contributed by atoms with van der Waals surface area (Å²) in [5.41, 5.74) is 0.204. The van der Waals surface area contributed by atoms with Crippen molar-refractivity contribution in [1.29, 1.82) is 0 Å². The average Bonchev–Trinajstić information content (AvgIpc) is 2.96. The topological polar surface area (TPSA) is 87.5 Å². The maximum absolute atomic E-state index is 12.7. The molecule has 2 heterocycles. The standard InChI is InChI=1S/C18H22N2O5S/c1-3-24-13(21)9-20-10-19-16-14(17(20)22)11(2)15(26-16)18(23)25-12-7-5-4-6-8-12/h10,12H,3-9H2,1-2H3. The molecule has 0 spiro atoms. The van der Waals surface area contributed by atoms with E-state index in [1.807, 2.05) is 0 Å². The monoisotopic (exact) mass is 378 g/mol. The molecule has 1 aliphatic carbocycles. The van der Waals surface area contributed by atoms with Crippen LogP contribution in [0, 0.1) is 6.92 Å². The summed E-state index contributed by atoms with van der Waals surface area (Å²) >= 11 is 1.16. The summed E-state index contributed by atoms with van der Waals surface area (Å²) in [4.78, 5) is 42.0. The van der Waals surface area contributed by atoms with Crippen molar-refractivity contribution in [2.45, 2.75) is 58.6 Å². The zero-order valence-electron chi connectivity index (χ0n) is 14.9. The fourth-order valence-corrected chi connectivity index (χ4v) is 4.22. The Kier molecular flexibility index (Phi) is 5.70. The number of nitrogens with zero attached hydrogens (tertiary/aromatic N) is 2. The van der Waals surface area contributed by atoms with Crippen LogP contribution in [0.15, 0.2) is 11.1 Å². The van der Waals surface area contributed by atoms with E-state index in [0.29, 0.717) is 20.7 Å². The van der Waals surface area contributed by atoms with Crippen LogP contribution in [0.5, 0.6) is 0 Å². The predicted octanol–water partition coefficient (Wildman–Crippen LogP) is 2.82. The Bertz CT molecular complexity index is 880. The molecule has 0 radical (unpaired) electrons. The van der Waals surface area contributed by atoms with Crippen molar-refractivity contribution in [3.8, 4) is 0 Å². The van der Waals surface area contributed by atoms with Gasteiger partial charge in [0.15, 0.2) is 0 Å². The van der Waals surface area contributed by atoms with Crippen LogP contribution in [0.25, 0.3) is 10.2 Å². The minimum atomic E-state index is -0.499. The van der Waals surface area contributed by atoms with E-state index in [1.165, 1.54) is 17.3 Å². The Hall–Kier alpha value is -2.22. The molecule has 0 bridgehead atoms. The van der Waals surface area contributed by atoms with Crippen molar-refractivity contribution >= 4 is 33.5 Å². The van der Waals surface area contributed by atoms with Gasteiger partial charge in [0.25, 0.3) is 5.56 Å². The van der Waals surface area contributed by atoms with Crippen molar-refractivity contribution < 1.29 is 19.1 Å². The molecule has 1 fully saturated rings. The van der Waals surface area contributed by atoms with Gasteiger partial charge in [-0.2, -0.15) is 0 Å². The Balaban J connectivity index is 1.87. The minimum absolute atomic E-state index is 0.0470. The normalized spacial score (nSPS) is 15.2. The number of aryl methyl sites for hydroxylation is 1. The SMILES string of the molecule is CCOC(=O)Cn1cnc2sc(C(=O)OC3CCCCC3)c(C)c2c1=O. The molecule has 7 nitrogen and oxygen atoms in total. The average molecular weight is 378 g/mol. The van der Waals surface area contributed by atoms with Gasteiger partial charge in [-0.1, -0.05) is 6.42 Å². The molecule has 8 heteroatoms. The molecule has 2 aromatic heterocycles. The third-order valence-electron chi connectivity index (χ3n) is 4.53. The highest BCUT2D eigenvalue weighted by atomic mass is 32.1. The molecule has 0 aliphatic heterocycles. The van der Waals surface area contributed by atoms with Crippen LogP contribution >= 0.6 is 11.3 Å². The van der Waals surface area contributed by atoms with E-state index >= 15 is 0 Å². The summed E-state index contributed by atoms with van der Waals surface area (Å²) in [5, 5.41) is 0.359. The second-order valence-electron chi connectivity index (χ2n) is 6.38. The predicted molar refractivity (Wildman–Crippen MR) is 97.5 cm³/mol. The van der Waals surface area contributed by atoms with Gasteiger partial charge in [-0.3, -0.25) is 14.2 Å². The number of carbonyl (C=O) groups is 2. The fraction of sp³-hybridized carbons (Fsp3) is 0.556. The third-order valence-corrected chi connectivity index (χ3v) is 5.71. The molecule has 0 N–H and O–H groups in total. The van der Waals surface area contributed by atoms with Crippen LogP contribution < -0.4 is 5.56 Å². The Morgan fingerprint density at radius 2 is 2.04 bits per heavy atom. The Morgan fingerprint density at radius 1 is 1.31 bits per heavy atom. The zero-order chi connectivity index (χ0) is 18.7. The fourth-order valence-electron chi connectivity index (χ4n) is 3.20. The largest absolute Gasteiger partial charge is 0.465 e. The number of carbonyl (C=O) groups excluding carboxylic acids is 2. The van der Waals surface area contributed by atoms with Gasteiger partial charge >= 0.3 is 11.9 Å². The molecule has 26 heavy (non-hydrogen) atoms. The van der Waals surface area contributed by atoms with E-state index in [9.17, 15) is 14.4 Å². The van der Waals surface area contributed by atoms with E-state index in [0.717, 1.165) is 37.0 Å². The van der Waals surface area contributed by atoms with E-state index in [2.05, 4.69) is 4.98 Å². The van der Waals surface area contributed by atoms with Crippen molar-refractivity contribution in [1.82, 2.24) is 9.55 Å². The first-order valence-corrected chi connectivity index (χ1v) is 9.68. The van der Waals surface area contributed by atoms with Crippen LogP contribution in [0.4, 0.5) is 0 Å². The Morgan fingerprint density at radius 3 is 2.73 bits per heavy atom. The van der Waals surface area contributed by atoms with E-state index in [1.54, 1.807) is 13.8 Å². The van der Waals surface area contributed by atoms with Gasteiger partial charge in [0.05, 0.1) is 18.3 Å². The maximum atomic E-state index is 12.7. The van der Waals surface area contributed by atoms with Gasteiger partial charge in [-0.25, -0.2) is 9.78 Å². The second-order valence-corrected chi connectivity index (χ2v) is 7.38. The summed E-state index contributed by atoms with van der Waals surface area (Å²) in [5.74, 6) is -0.894.